The topological polar surface area (TPSA) is 93.9 Å². The van der Waals surface area contributed by atoms with E-state index in [1.54, 1.807) is 24.4 Å². The van der Waals surface area contributed by atoms with Gasteiger partial charge in [0.2, 0.25) is 5.95 Å². The molecule has 0 unspecified atom stereocenters. The summed E-state index contributed by atoms with van der Waals surface area (Å²) in [7, 11) is 0. The van der Waals surface area contributed by atoms with Gasteiger partial charge in [-0.3, -0.25) is 0 Å². The second-order valence-corrected chi connectivity index (χ2v) is 7.17. The fourth-order valence-corrected chi connectivity index (χ4v) is 3.33. The van der Waals surface area contributed by atoms with Crippen LogP contribution in [0.2, 0.25) is 5.02 Å². The maximum Gasteiger partial charge on any atom is 0.354 e. The molecule has 0 bridgehead atoms. The number of nitrogens with two attached hydrogens (primary N) is 1. The van der Waals surface area contributed by atoms with Gasteiger partial charge in [0, 0.05) is 35.5 Å². The largest absolute Gasteiger partial charge is 0.461 e. The number of ether oxygens (including phenoxy) is 1. The Bertz CT molecular complexity index is 1230. The second kappa shape index (κ2) is 8.97. The van der Waals surface area contributed by atoms with Crippen molar-refractivity contribution >= 4 is 23.5 Å². The summed E-state index contributed by atoms with van der Waals surface area (Å²) in [6.45, 7) is 0.247. The molecule has 4 aromatic rings. The molecule has 2 aromatic carbocycles. The molecule has 31 heavy (non-hydrogen) atoms. The third-order valence-corrected chi connectivity index (χ3v) is 4.98. The number of benzene rings is 2. The lowest BCUT2D eigenvalue weighted by molar-refractivity contribution is 0.0503. The lowest BCUT2D eigenvalue weighted by Gasteiger charge is -2.09. The van der Waals surface area contributed by atoms with Crippen LogP contribution in [0.5, 0.6) is 0 Å². The Morgan fingerprint density at radius 3 is 2.74 bits per heavy atom. The van der Waals surface area contributed by atoms with Crippen LogP contribution in [0.1, 0.15) is 16.1 Å². The van der Waals surface area contributed by atoms with E-state index < -0.39 is 11.8 Å². The van der Waals surface area contributed by atoms with Crippen LogP contribution in [0.25, 0.3) is 22.4 Å². The maximum absolute atomic E-state index is 14.6. The molecule has 0 saturated heterocycles. The minimum absolute atomic E-state index is 0.0166. The van der Waals surface area contributed by atoms with E-state index in [4.69, 9.17) is 22.1 Å². The van der Waals surface area contributed by atoms with Crippen LogP contribution in [0.4, 0.5) is 10.3 Å². The highest BCUT2D eigenvalue weighted by Crippen LogP contribution is 2.34. The van der Waals surface area contributed by atoms with Crippen molar-refractivity contribution in [2.45, 2.75) is 6.42 Å². The van der Waals surface area contributed by atoms with Crippen molar-refractivity contribution in [3.63, 3.8) is 0 Å². The minimum atomic E-state index is -0.588. The molecular formula is C23H18ClFN4O2. The fourth-order valence-electron chi connectivity index (χ4n) is 3.16. The second-order valence-electron chi connectivity index (χ2n) is 6.77. The molecule has 0 amide bonds. The van der Waals surface area contributed by atoms with Gasteiger partial charge in [-0.15, -0.1) is 0 Å². The van der Waals surface area contributed by atoms with Crippen LogP contribution in [-0.4, -0.2) is 27.5 Å². The average molecular weight is 437 g/mol. The van der Waals surface area contributed by atoms with Gasteiger partial charge >= 0.3 is 5.97 Å². The molecule has 0 saturated carbocycles. The Morgan fingerprint density at radius 2 is 1.94 bits per heavy atom. The van der Waals surface area contributed by atoms with Crippen molar-refractivity contribution in [3.8, 4) is 22.4 Å². The number of nitrogens with zero attached hydrogens (tertiary/aromatic N) is 2. The number of nitrogens with one attached hydrogen (secondary N) is 1. The van der Waals surface area contributed by atoms with Crippen LogP contribution in [-0.2, 0) is 11.2 Å². The zero-order chi connectivity index (χ0) is 21.8. The van der Waals surface area contributed by atoms with Crippen molar-refractivity contribution in [3.05, 3.63) is 89.1 Å². The van der Waals surface area contributed by atoms with E-state index in [1.165, 1.54) is 12.3 Å². The average Bonchev–Trinajstić information content (AvgIpc) is 3.27. The van der Waals surface area contributed by atoms with Crippen molar-refractivity contribution in [2.24, 2.45) is 0 Å². The van der Waals surface area contributed by atoms with E-state index in [0.717, 1.165) is 5.56 Å². The van der Waals surface area contributed by atoms with Gasteiger partial charge in [-0.1, -0.05) is 54.1 Å². The number of anilines is 1. The lowest BCUT2D eigenvalue weighted by Crippen LogP contribution is -2.08. The highest BCUT2D eigenvalue weighted by Gasteiger charge is 2.18. The maximum atomic E-state index is 14.6. The number of carbonyl (C=O) groups excluding carboxylic acids is 1. The smallest absolute Gasteiger partial charge is 0.354 e. The molecule has 0 atom stereocenters. The lowest BCUT2D eigenvalue weighted by atomic mass is 10.0. The number of halogens is 2. The van der Waals surface area contributed by atoms with Gasteiger partial charge in [0.05, 0.1) is 17.3 Å². The zero-order valence-electron chi connectivity index (χ0n) is 16.3. The van der Waals surface area contributed by atoms with E-state index in [1.807, 2.05) is 30.3 Å². The molecule has 2 aromatic heterocycles. The van der Waals surface area contributed by atoms with Crippen LogP contribution in [0, 0.1) is 5.82 Å². The van der Waals surface area contributed by atoms with E-state index in [-0.39, 0.29) is 28.8 Å². The SMILES string of the molecule is Nc1ncc(-c2cccc(Cl)c2F)c(-c2c[nH]c(C(=O)OCCc3ccccc3)c2)n1. The van der Waals surface area contributed by atoms with Crippen LogP contribution in [0.15, 0.2) is 67.0 Å². The molecular weight excluding hydrogens is 419 g/mol. The molecule has 0 spiro atoms. The van der Waals surface area contributed by atoms with Gasteiger partial charge in [0.1, 0.15) is 11.5 Å². The van der Waals surface area contributed by atoms with Crippen molar-refractivity contribution < 1.29 is 13.9 Å². The molecule has 3 N–H and O–H groups in total. The summed E-state index contributed by atoms with van der Waals surface area (Å²) in [5.41, 5.74) is 8.62. The molecule has 2 heterocycles. The zero-order valence-corrected chi connectivity index (χ0v) is 17.1. The van der Waals surface area contributed by atoms with Gasteiger partial charge in [-0.05, 0) is 17.7 Å². The number of hydrogen-bond donors (Lipinski definition) is 2. The van der Waals surface area contributed by atoms with Gasteiger partial charge in [0.15, 0.2) is 0 Å². The molecule has 0 radical (unpaired) electrons. The van der Waals surface area contributed by atoms with E-state index in [2.05, 4.69) is 15.0 Å². The highest BCUT2D eigenvalue weighted by atomic mass is 35.5. The van der Waals surface area contributed by atoms with E-state index >= 15 is 0 Å². The monoisotopic (exact) mass is 436 g/mol. The van der Waals surface area contributed by atoms with Crippen LogP contribution in [0.3, 0.4) is 0 Å². The predicted octanol–water partition coefficient (Wildman–Crippen LogP) is 4.91. The third-order valence-electron chi connectivity index (χ3n) is 4.69. The first kappa shape index (κ1) is 20.6. The first-order chi connectivity index (χ1) is 15.0. The van der Waals surface area contributed by atoms with Crippen molar-refractivity contribution in [2.75, 3.05) is 12.3 Å². The summed E-state index contributed by atoms with van der Waals surface area (Å²) in [5, 5.41) is -0.0166. The fraction of sp³-hybridized carbons (Fsp3) is 0.0870. The number of hydrogen-bond acceptors (Lipinski definition) is 5. The number of H-pyrrole nitrogens is 1. The van der Waals surface area contributed by atoms with Crippen LogP contribution < -0.4 is 5.73 Å². The first-order valence-electron chi connectivity index (χ1n) is 9.49. The Balaban J connectivity index is 1.57. The normalized spacial score (nSPS) is 10.8. The summed E-state index contributed by atoms with van der Waals surface area (Å²) < 4.78 is 19.9. The van der Waals surface area contributed by atoms with Gasteiger partial charge in [-0.2, -0.15) is 0 Å². The molecule has 0 fully saturated rings. The Labute approximate surface area is 182 Å². The summed E-state index contributed by atoms with van der Waals surface area (Å²) >= 11 is 5.92. The Morgan fingerprint density at radius 1 is 1.13 bits per heavy atom. The van der Waals surface area contributed by atoms with E-state index in [9.17, 15) is 9.18 Å². The van der Waals surface area contributed by atoms with Gasteiger partial charge < -0.3 is 15.5 Å². The van der Waals surface area contributed by atoms with E-state index in [0.29, 0.717) is 23.2 Å². The number of aromatic amines is 1. The van der Waals surface area contributed by atoms with Crippen molar-refractivity contribution in [1.82, 2.24) is 15.0 Å². The number of carbonyl (C=O) groups is 1. The highest BCUT2D eigenvalue weighted by molar-refractivity contribution is 6.31. The number of rotatable bonds is 6. The molecule has 6 nitrogen and oxygen atoms in total. The summed E-state index contributed by atoms with van der Waals surface area (Å²) in [6, 6.07) is 16.0. The number of esters is 1. The molecule has 4 rings (SSSR count). The molecule has 0 aliphatic heterocycles. The van der Waals surface area contributed by atoms with Crippen molar-refractivity contribution in [1.29, 1.82) is 0 Å². The number of aromatic nitrogens is 3. The summed E-state index contributed by atoms with van der Waals surface area (Å²) in [4.78, 5) is 23.5. The standard InChI is InChI=1S/C23H18ClFN4O2/c24-18-8-4-7-16(20(18)25)17-13-28-23(26)29-21(17)15-11-19(27-12-15)22(30)31-10-9-14-5-2-1-3-6-14/h1-8,11-13,27H,9-10H2,(H2,26,28,29). The first-order valence-corrected chi connectivity index (χ1v) is 9.87. The third kappa shape index (κ3) is 4.57. The van der Waals surface area contributed by atoms with Crippen LogP contribution >= 0.6 is 11.6 Å². The molecule has 0 aliphatic rings. The molecule has 8 heteroatoms. The summed E-state index contributed by atoms with van der Waals surface area (Å²) in [5.74, 6) is -1.07. The predicted molar refractivity (Wildman–Crippen MR) is 117 cm³/mol. The number of nitrogen functional groups attached to an aromatic ring is 1. The summed E-state index contributed by atoms with van der Waals surface area (Å²) in [6.07, 6.45) is 3.62. The van der Waals surface area contributed by atoms with Gasteiger partial charge in [-0.25, -0.2) is 19.2 Å². The minimum Gasteiger partial charge on any atom is -0.461 e. The molecule has 0 aliphatic carbocycles. The van der Waals surface area contributed by atoms with Gasteiger partial charge in [0.25, 0.3) is 0 Å². The molecule has 156 valence electrons. The Kier molecular flexibility index (Phi) is 5.95. The Hall–Kier alpha value is -3.71. The quantitative estimate of drug-likeness (QED) is 0.419.